The maximum atomic E-state index is 12.5. The molecule has 134 valence electrons. The van der Waals surface area contributed by atoms with Crippen molar-refractivity contribution in [3.63, 3.8) is 0 Å². The number of rotatable bonds is 8. The summed E-state index contributed by atoms with van der Waals surface area (Å²) in [5, 5.41) is 3.66. The fourth-order valence-electron chi connectivity index (χ4n) is 2.96. The van der Waals surface area contributed by atoms with Crippen LogP contribution in [0.25, 0.3) is 0 Å². The number of hydrogen-bond acceptors (Lipinski definition) is 5. The normalized spacial score (nSPS) is 13.9. The zero-order chi connectivity index (χ0) is 17.8. The number of nitrogens with zero attached hydrogens (tertiary/aromatic N) is 2. The molecular formula is C19H25N3O2S. The molecule has 1 aromatic heterocycles. The van der Waals surface area contributed by atoms with Gasteiger partial charge in [0, 0.05) is 23.0 Å². The predicted octanol–water partition coefficient (Wildman–Crippen LogP) is 3.63. The molecule has 0 saturated heterocycles. The van der Waals surface area contributed by atoms with E-state index in [9.17, 15) is 4.79 Å². The molecule has 0 unspecified atom stereocenters. The van der Waals surface area contributed by atoms with Gasteiger partial charge in [0.15, 0.2) is 5.13 Å². The average molecular weight is 359 g/mol. The van der Waals surface area contributed by atoms with Crippen LogP contribution < -0.4 is 10.1 Å². The summed E-state index contributed by atoms with van der Waals surface area (Å²) >= 11 is 1.55. The maximum absolute atomic E-state index is 12.5. The van der Waals surface area contributed by atoms with Crippen molar-refractivity contribution in [1.29, 1.82) is 0 Å². The van der Waals surface area contributed by atoms with Crippen LogP contribution in [0.1, 0.15) is 35.9 Å². The van der Waals surface area contributed by atoms with Gasteiger partial charge in [-0.2, -0.15) is 0 Å². The fraction of sp³-hybridized carbons (Fsp3) is 0.474. The van der Waals surface area contributed by atoms with Crippen LogP contribution in [-0.4, -0.2) is 35.5 Å². The van der Waals surface area contributed by atoms with Gasteiger partial charge in [0.05, 0.1) is 19.3 Å². The number of anilines is 1. The topological polar surface area (TPSA) is 54.5 Å². The van der Waals surface area contributed by atoms with Crippen LogP contribution in [0.4, 0.5) is 5.13 Å². The molecule has 1 aromatic carbocycles. The monoisotopic (exact) mass is 359 g/mol. The standard InChI is InChI=1S/C19H25N3O2S/c1-4-16-13(2)25-19(20-16)21-18(23)12-22(15-9-10-15)11-14-7-5-6-8-17(14)24-3/h5-8,15H,4,9-12H2,1-3H3,(H,20,21,23). The third-order valence-electron chi connectivity index (χ3n) is 4.45. The second-order valence-electron chi connectivity index (χ2n) is 6.37. The van der Waals surface area contributed by atoms with E-state index in [4.69, 9.17) is 4.74 Å². The minimum absolute atomic E-state index is 0.00167. The lowest BCUT2D eigenvalue weighted by Crippen LogP contribution is -2.34. The van der Waals surface area contributed by atoms with Crippen LogP contribution in [-0.2, 0) is 17.8 Å². The highest BCUT2D eigenvalue weighted by Gasteiger charge is 2.31. The van der Waals surface area contributed by atoms with Gasteiger partial charge in [-0.05, 0) is 32.3 Å². The molecule has 1 aliphatic rings. The molecule has 0 atom stereocenters. The number of ether oxygens (including phenoxy) is 1. The fourth-order valence-corrected chi connectivity index (χ4v) is 3.88. The number of carbonyl (C=O) groups excluding carboxylic acids is 1. The lowest BCUT2D eigenvalue weighted by molar-refractivity contribution is -0.117. The van der Waals surface area contributed by atoms with Crippen molar-refractivity contribution in [1.82, 2.24) is 9.88 Å². The Labute approximate surface area is 153 Å². The summed E-state index contributed by atoms with van der Waals surface area (Å²) in [6.45, 7) is 5.22. The number of aryl methyl sites for hydroxylation is 2. The number of amides is 1. The van der Waals surface area contributed by atoms with Crippen LogP contribution in [0.15, 0.2) is 24.3 Å². The van der Waals surface area contributed by atoms with Crippen molar-refractivity contribution in [3.05, 3.63) is 40.4 Å². The molecule has 1 heterocycles. The Morgan fingerprint density at radius 3 is 2.80 bits per heavy atom. The Hall–Kier alpha value is -1.92. The Morgan fingerprint density at radius 1 is 1.40 bits per heavy atom. The van der Waals surface area contributed by atoms with Gasteiger partial charge in [-0.3, -0.25) is 9.69 Å². The average Bonchev–Trinajstić information content (AvgIpc) is 3.38. The van der Waals surface area contributed by atoms with Crippen LogP contribution in [0, 0.1) is 6.92 Å². The third kappa shape index (κ3) is 4.58. The Bertz CT molecular complexity index is 740. The summed E-state index contributed by atoms with van der Waals surface area (Å²) in [7, 11) is 1.68. The largest absolute Gasteiger partial charge is 0.496 e. The molecule has 0 bridgehead atoms. The highest BCUT2D eigenvalue weighted by molar-refractivity contribution is 7.15. The first kappa shape index (κ1) is 17.9. The first-order chi connectivity index (χ1) is 12.1. The molecule has 1 amide bonds. The summed E-state index contributed by atoms with van der Waals surface area (Å²) < 4.78 is 5.44. The van der Waals surface area contributed by atoms with E-state index in [-0.39, 0.29) is 5.91 Å². The van der Waals surface area contributed by atoms with Gasteiger partial charge in [-0.15, -0.1) is 11.3 Å². The third-order valence-corrected chi connectivity index (χ3v) is 5.38. The first-order valence-electron chi connectivity index (χ1n) is 8.72. The molecule has 1 fully saturated rings. The van der Waals surface area contributed by atoms with Crippen molar-refractivity contribution in [2.45, 2.75) is 45.7 Å². The number of hydrogen-bond donors (Lipinski definition) is 1. The van der Waals surface area contributed by atoms with E-state index in [0.717, 1.165) is 42.8 Å². The highest BCUT2D eigenvalue weighted by atomic mass is 32.1. The van der Waals surface area contributed by atoms with Crippen LogP contribution in [0.2, 0.25) is 0 Å². The first-order valence-corrected chi connectivity index (χ1v) is 9.54. The number of para-hydroxylation sites is 1. The summed E-state index contributed by atoms with van der Waals surface area (Å²) in [6, 6.07) is 8.48. The number of aromatic nitrogens is 1. The molecule has 25 heavy (non-hydrogen) atoms. The minimum Gasteiger partial charge on any atom is -0.496 e. The molecular weight excluding hydrogens is 334 g/mol. The van der Waals surface area contributed by atoms with Crippen molar-refractivity contribution < 1.29 is 9.53 Å². The number of benzene rings is 1. The molecule has 0 radical (unpaired) electrons. The second-order valence-corrected chi connectivity index (χ2v) is 7.57. The lowest BCUT2D eigenvalue weighted by Gasteiger charge is -2.22. The smallest absolute Gasteiger partial charge is 0.240 e. The maximum Gasteiger partial charge on any atom is 0.240 e. The van der Waals surface area contributed by atoms with Gasteiger partial charge in [-0.25, -0.2) is 4.98 Å². The Morgan fingerprint density at radius 2 is 2.16 bits per heavy atom. The summed E-state index contributed by atoms with van der Waals surface area (Å²) in [4.78, 5) is 20.4. The van der Waals surface area contributed by atoms with E-state index in [1.165, 1.54) is 4.88 Å². The quantitative estimate of drug-likeness (QED) is 0.782. The van der Waals surface area contributed by atoms with E-state index < -0.39 is 0 Å². The molecule has 1 N–H and O–H groups in total. The molecule has 6 heteroatoms. The van der Waals surface area contributed by atoms with Crippen LogP contribution in [0.3, 0.4) is 0 Å². The van der Waals surface area contributed by atoms with E-state index in [1.54, 1.807) is 18.4 Å². The van der Waals surface area contributed by atoms with Crippen molar-refractivity contribution >= 4 is 22.4 Å². The van der Waals surface area contributed by atoms with Gasteiger partial charge in [-0.1, -0.05) is 25.1 Å². The van der Waals surface area contributed by atoms with E-state index in [2.05, 4.69) is 28.2 Å². The van der Waals surface area contributed by atoms with Crippen molar-refractivity contribution in [3.8, 4) is 5.75 Å². The summed E-state index contributed by atoms with van der Waals surface area (Å²) in [5.74, 6) is 0.870. The second kappa shape index (κ2) is 7.97. The van der Waals surface area contributed by atoms with Crippen LogP contribution >= 0.6 is 11.3 Å². The van der Waals surface area contributed by atoms with Gasteiger partial charge in [0.25, 0.3) is 0 Å². The van der Waals surface area contributed by atoms with Crippen LogP contribution in [0.5, 0.6) is 5.75 Å². The molecule has 3 rings (SSSR count). The summed E-state index contributed by atoms with van der Waals surface area (Å²) in [6.07, 6.45) is 3.19. The Balaban J connectivity index is 1.64. The van der Waals surface area contributed by atoms with Gasteiger partial charge >= 0.3 is 0 Å². The predicted molar refractivity (Wildman–Crippen MR) is 101 cm³/mol. The molecule has 2 aromatic rings. The van der Waals surface area contributed by atoms with Crippen molar-refractivity contribution in [2.75, 3.05) is 19.0 Å². The van der Waals surface area contributed by atoms with Gasteiger partial charge in [0.1, 0.15) is 5.75 Å². The minimum atomic E-state index is -0.00167. The number of methoxy groups -OCH3 is 1. The number of nitrogens with one attached hydrogen (secondary N) is 1. The zero-order valence-electron chi connectivity index (χ0n) is 15.0. The van der Waals surface area contributed by atoms with E-state index in [0.29, 0.717) is 17.7 Å². The summed E-state index contributed by atoms with van der Waals surface area (Å²) in [5.41, 5.74) is 2.18. The molecule has 1 saturated carbocycles. The molecule has 0 aliphatic heterocycles. The highest BCUT2D eigenvalue weighted by Crippen LogP contribution is 2.30. The molecule has 5 nitrogen and oxygen atoms in total. The van der Waals surface area contributed by atoms with E-state index >= 15 is 0 Å². The number of thiazole rings is 1. The van der Waals surface area contributed by atoms with E-state index in [1.807, 2.05) is 25.1 Å². The Kier molecular flexibility index (Phi) is 5.71. The molecule has 0 spiro atoms. The number of carbonyl (C=O) groups is 1. The SMILES string of the molecule is CCc1nc(NC(=O)CN(Cc2ccccc2OC)C2CC2)sc1C. The van der Waals surface area contributed by atoms with Crippen molar-refractivity contribution in [2.24, 2.45) is 0 Å². The molecule has 1 aliphatic carbocycles. The van der Waals surface area contributed by atoms with Gasteiger partial charge in [0.2, 0.25) is 5.91 Å². The van der Waals surface area contributed by atoms with Gasteiger partial charge < -0.3 is 10.1 Å². The lowest BCUT2D eigenvalue weighted by atomic mass is 10.2. The zero-order valence-corrected chi connectivity index (χ0v) is 15.9.